The molecular weight excluding hydrogens is 206 g/mol. The van der Waals surface area contributed by atoms with Crippen LogP contribution in [0.4, 0.5) is 0 Å². The number of hydrogen-bond acceptors (Lipinski definition) is 4. The van der Waals surface area contributed by atoms with Crippen LogP contribution < -0.4 is 0 Å². The van der Waals surface area contributed by atoms with Crippen molar-refractivity contribution in [3.05, 3.63) is 0 Å². The Bertz CT molecular complexity index is 215. The van der Waals surface area contributed by atoms with Crippen molar-refractivity contribution in [2.24, 2.45) is 0 Å². The van der Waals surface area contributed by atoms with Gasteiger partial charge >= 0.3 is 5.97 Å². The van der Waals surface area contributed by atoms with E-state index in [9.17, 15) is 4.79 Å². The number of hydrogen-bond donors (Lipinski definition) is 1. The molecule has 74 valence electrons. The van der Waals surface area contributed by atoms with Gasteiger partial charge in [0.05, 0.1) is 6.07 Å². The van der Waals surface area contributed by atoms with Crippen LogP contribution in [0, 0.1) is 11.3 Å². The topological polar surface area (TPSA) is 61.1 Å². The summed E-state index contributed by atoms with van der Waals surface area (Å²) in [6, 6.07) is 2.15. The largest absolute Gasteiger partial charge is 0.481 e. The average Bonchev–Trinajstić information content (AvgIpc) is 2.11. The SMILES string of the molecule is CCSSC(C)(C#N)CCC(=O)O. The number of carboxylic acids is 1. The molecule has 5 heteroatoms. The first kappa shape index (κ1) is 12.7. The first-order valence-electron chi connectivity index (χ1n) is 3.98. The molecule has 0 aliphatic rings. The van der Waals surface area contributed by atoms with Gasteiger partial charge in [-0.05, 0) is 13.3 Å². The minimum atomic E-state index is -0.844. The van der Waals surface area contributed by atoms with Gasteiger partial charge in [0.1, 0.15) is 4.75 Å². The van der Waals surface area contributed by atoms with Gasteiger partial charge in [-0.2, -0.15) is 5.26 Å². The first-order chi connectivity index (χ1) is 6.04. The molecule has 0 spiro atoms. The Labute approximate surface area is 86.3 Å². The van der Waals surface area contributed by atoms with Gasteiger partial charge < -0.3 is 5.11 Å². The minimum absolute atomic E-state index is 0.0569. The van der Waals surface area contributed by atoms with E-state index in [1.165, 1.54) is 10.8 Å². The zero-order chi connectivity index (χ0) is 10.3. The van der Waals surface area contributed by atoms with Gasteiger partial charge in [-0.1, -0.05) is 28.5 Å². The summed E-state index contributed by atoms with van der Waals surface area (Å²) in [5.41, 5.74) is 0. The number of carboxylic acid groups (broad SMARTS) is 1. The highest BCUT2D eigenvalue weighted by Crippen LogP contribution is 2.38. The molecule has 0 radical (unpaired) electrons. The van der Waals surface area contributed by atoms with E-state index in [0.29, 0.717) is 6.42 Å². The second-order valence-corrected chi connectivity index (χ2v) is 5.81. The van der Waals surface area contributed by atoms with Crippen molar-refractivity contribution in [1.29, 1.82) is 5.26 Å². The van der Waals surface area contributed by atoms with Crippen molar-refractivity contribution in [1.82, 2.24) is 0 Å². The van der Waals surface area contributed by atoms with E-state index in [1.54, 1.807) is 17.7 Å². The Hall–Kier alpha value is -0.340. The molecule has 0 saturated carbocycles. The summed E-state index contributed by atoms with van der Waals surface area (Å²) >= 11 is 0. The van der Waals surface area contributed by atoms with Crippen LogP contribution >= 0.6 is 21.6 Å². The minimum Gasteiger partial charge on any atom is -0.481 e. The number of nitriles is 1. The van der Waals surface area contributed by atoms with E-state index in [-0.39, 0.29) is 6.42 Å². The van der Waals surface area contributed by atoms with Crippen LogP contribution in [0.25, 0.3) is 0 Å². The van der Waals surface area contributed by atoms with Crippen molar-refractivity contribution in [2.75, 3.05) is 5.75 Å². The van der Waals surface area contributed by atoms with Crippen molar-refractivity contribution in [3.8, 4) is 6.07 Å². The summed E-state index contributed by atoms with van der Waals surface area (Å²) in [6.45, 7) is 3.79. The fourth-order valence-corrected chi connectivity index (χ4v) is 2.75. The van der Waals surface area contributed by atoms with E-state index in [1.807, 2.05) is 6.92 Å². The highest BCUT2D eigenvalue weighted by molar-refractivity contribution is 8.77. The molecule has 0 saturated heterocycles. The zero-order valence-electron chi connectivity index (χ0n) is 7.74. The third kappa shape index (κ3) is 5.83. The smallest absolute Gasteiger partial charge is 0.303 e. The number of nitrogens with zero attached hydrogens (tertiary/aromatic N) is 1. The van der Waals surface area contributed by atoms with Crippen LogP contribution in [0.15, 0.2) is 0 Å². The molecule has 0 aromatic heterocycles. The van der Waals surface area contributed by atoms with Crippen LogP contribution in [0.2, 0.25) is 0 Å². The fourth-order valence-electron chi connectivity index (χ4n) is 0.651. The lowest BCUT2D eigenvalue weighted by atomic mass is 10.1. The number of rotatable bonds is 6. The molecule has 0 amide bonds. The predicted molar refractivity (Wildman–Crippen MR) is 56.6 cm³/mol. The molecule has 0 aromatic rings. The van der Waals surface area contributed by atoms with Crippen LogP contribution in [0.1, 0.15) is 26.7 Å². The van der Waals surface area contributed by atoms with E-state index in [2.05, 4.69) is 6.07 Å². The van der Waals surface area contributed by atoms with Crippen LogP contribution in [-0.4, -0.2) is 21.6 Å². The predicted octanol–water partition coefficient (Wildman–Crippen LogP) is 2.53. The van der Waals surface area contributed by atoms with Gasteiger partial charge in [0, 0.05) is 12.2 Å². The lowest BCUT2D eigenvalue weighted by Crippen LogP contribution is -2.17. The maximum atomic E-state index is 10.3. The zero-order valence-corrected chi connectivity index (χ0v) is 9.37. The van der Waals surface area contributed by atoms with E-state index < -0.39 is 10.7 Å². The quantitative estimate of drug-likeness (QED) is 0.695. The molecule has 0 aliphatic heterocycles. The maximum Gasteiger partial charge on any atom is 0.303 e. The second kappa shape index (κ2) is 6.17. The van der Waals surface area contributed by atoms with Crippen LogP contribution in [0.3, 0.4) is 0 Å². The molecule has 0 rings (SSSR count). The summed E-state index contributed by atoms with van der Waals surface area (Å²) < 4.78 is -0.570. The average molecular weight is 219 g/mol. The summed E-state index contributed by atoms with van der Waals surface area (Å²) in [4.78, 5) is 10.3. The summed E-state index contributed by atoms with van der Waals surface area (Å²) in [5, 5.41) is 17.3. The normalized spacial score (nSPS) is 14.5. The second-order valence-electron chi connectivity index (χ2n) is 2.73. The molecule has 3 nitrogen and oxygen atoms in total. The van der Waals surface area contributed by atoms with Crippen molar-refractivity contribution in [2.45, 2.75) is 31.4 Å². The summed E-state index contributed by atoms with van der Waals surface area (Å²) in [7, 11) is 3.05. The van der Waals surface area contributed by atoms with E-state index in [0.717, 1.165) is 5.75 Å². The third-order valence-corrected chi connectivity index (χ3v) is 4.59. The molecule has 0 bridgehead atoms. The Morgan fingerprint density at radius 1 is 1.69 bits per heavy atom. The Morgan fingerprint density at radius 3 is 2.69 bits per heavy atom. The highest BCUT2D eigenvalue weighted by Gasteiger charge is 2.25. The van der Waals surface area contributed by atoms with E-state index in [4.69, 9.17) is 10.4 Å². The Kier molecular flexibility index (Phi) is 6.00. The van der Waals surface area contributed by atoms with Gasteiger partial charge in [-0.3, -0.25) is 4.79 Å². The molecule has 1 unspecified atom stereocenters. The third-order valence-electron chi connectivity index (χ3n) is 1.41. The lowest BCUT2D eigenvalue weighted by molar-refractivity contribution is -0.137. The van der Waals surface area contributed by atoms with Crippen molar-refractivity contribution >= 4 is 27.6 Å². The van der Waals surface area contributed by atoms with Gasteiger partial charge in [-0.15, -0.1) is 0 Å². The summed E-state index contributed by atoms with van der Waals surface area (Å²) in [6.07, 6.45) is 0.456. The molecule has 1 atom stereocenters. The number of aliphatic carboxylic acids is 1. The van der Waals surface area contributed by atoms with Gasteiger partial charge in [-0.25, -0.2) is 0 Å². The maximum absolute atomic E-state index is 10.3. The standard InChI is InChI=1S/C8H13NO2S2/c1-3-12-13-8(2,6-9)5-4-7(10)11/h3-5H2,1-2H3,(H,10,11). The van der Waals surface area contributed by atoms with Crippen LogP contribution in [0.5, 0.6) is 0 Å². The van der Waals surface area contributed by atoms with E-state index >= 15 is 0 Å². The molecule has 0 fully saturated rings. The van der Waals surface area contributed by atoms with Crippen LogP contribution in [-0.2, 0) is 4.79 Å². The first-order valence-corrected chi connectivity index (χ1v) is 6.29. The van der Waals surface area contributed by atoms with Gasteiger partial charge in [0.15, 0.2) is 0 Å². The molecule has 0 aromatic carbocycles. The molecule has 13 heavy (non-hydrogen) atoms. The van der Waals surface area contributed by atoms with Crippen molar-refractivity contribution < 1.29 is 9.90 Å². The fraction of sp³-hybridized carbons (Fsp3) is 0.750. The summed E-state index contributed by atoms with van der Waals surface area (Å²) in [5.74, 6) is 0.0817. The molecule has 0 aliphatic carbocycles. The van der Waals surface area contributed by atoms with Crippen molar-refractivity contribution in [3.63, 3.8) is 0 Å². The Morgan fingerprint density at radius 2 is 2.31 bits per heavy atom. The molecule has 0 heterocycles. The van der Waals surface area contributed by atoms with Gasteiger partial charge in [0.25, 0.3) is 0 Å². The molecular formula is C8H13NO2S2. The monoisotopic (exact) mass is 219 g/mol. The highest BCUT2D eigenvalue weighted by atomic mass is 33.1. The lowest BCUT2D eigenvalue weighted by Gasteiger charge is -2.18. The Balaban J connectivity index is 3.97. The molecule has 1 N–H and O–H groups in total. The van der Waals surface area contributed by atoms with Gasteiger partial charge in [0.2, 0.25) is 0 Å². The number of carbonyl (C=O) groups is 1.